The highest BCUT2D eigenvalue weighted by atomic mass is 79.9. The maximum atomic E-state index is 10.6. The van der Waals surface area contributed by atoms with Gasteiger partial charge in [-0.3, -0.25) is 0 Å². The van der Waals surface area contributed by atoms with Gasteiger partial charge in [0.1, 0.15) is 5.69 Å². The van der Waals surface area contributed by atoms with Crippen LogP contribution < -0.4 is 0 Å². The number of nitrogens with zero attached hydrogens (tertiary/aromatic N) is 3. The molecule has 5 nitrogen and oxygen atoms in total. The van der Waals surface area contributed by atoms with Crippen molar-refractivity contribution in [1.29, 1.82) is 0 Å². The van der Waals surface area contributed by atoms with Crippen molar-refractivity contribution in [1.82, 2.24) is 9.55 Å². The molecule has 1 aromatic heterocycles. The normalized spacial score (nSPS) is 11.8. The van der Waals surface area contributed by atoms with Crippen LogP contribution in [-0.4, -0.2) is 14.5 Å². The zero-order chi connectivity index (χ0) is 11.1. The van der Waals surface area contributed by atoms with E-state index >= 15 is 0 Å². The molecule has 0 saturated carbocycles. The third-order valence-electron chi connectivity index (χ3n) is 1.90. The summed E-state index contributed by atoms with van der Waals surface area (Å²) in [6.07, 6.45) is 0. The second kappa shape index (κ2) is 3.34. The van der Waals surface area contributed by atoms with E-state index in [9.17, 15) is 10.1 Å². The second-order valence-corrected chi connectivity index (χ2v) is 4.87. The third-order valence-corrected chi connectivity index (χ3v) is 2.46. The lowest BCUT2D eigenvalue weighted by molar-refractivity contribution is -0.396. The SMILES string of the molecule is Cn1c([N+](=O)[O-])nc(Br)c1C(C)(C)C. The number of aromatic nitrogens is 2. The third kappa shape index (κ3) is 1.79. The standard InChI is InChI=1S/C8H12BrN3O2/c1-8(2,3)5-6(9)10-7(11(5)4)12(13)14/h1-4H3. The van der Waals surface area contributed by atoms with Crippen molar-refractivity contribution in [2.75, 3.05) is 0 Å². The molecule has 0 unspecified atom stereocenters. The summed E-state index contributed by atoms with van der Waals surface area (Å²) >= 11 is 3.24. The first-order valence-electron chi connectivity index (χ1n) is 4.12. The summed E-state index contributed by atoms with van der Waals surface area (Å²) in [5, 5.41) is 10.6. The van der Waals surface area contributed by atoms with Crippen LogP contribution in [0.1, 0.15) is 26.5 Å². The molecule has 0 amide bonds. The van der Waals surface area contributed by atoms with Crippen LogP contribution in [0.25, 0.3) is 0 Å². The molecular formula is C8H12BrN3O2. The highest BCUT2D eigenvalue weighted by Gasteiger charge is 2.31. The van der Waals surface area contributed by atoms with Gasteiger partial charge in [0.25, 0.3) is 0 Å². The molecule has 0 fully saturated rings. The Hall–Kier alpha value is -0.910. The van der Waals surface area contributed by atoms with Gasteiger partial charge in [-0.15, -0.1) is 0 Å². The molecule has 1 rings (SSSR count). The van der Waals surface area contributed by atoms with E-state index in [1.165, 1.54) is 4.57 Å². The van der Waals surface area contributed by atoms with Crippen LogP contribution in [0.5, 0.6) is 0 Å². The van der Waals surface area contributed by atoms with Crippen LogP contribution in [0.2, 0.25) is 0 Å². The van der Waals surface area contributed by atoms with Crippen LogP contribution in [0.4, 0.5) is 5.95 Å². The topological polar surface area (TPSA) is 61.0 Å². The Morgan fingerprint density at radius 1 is 1.50 bits per heavy atom. The van der Waals surface area contributed by atoms with Gasteiger partial charge in [0.15, 0.2) is 0 Å². The average molecular weight is 262 g/mol. The quantitative estimate of drug-likeness (QED) is 0.576. The Balaban J connectivity index is 3.40. The monoisotopic (exact) mass is 261 g/mol. The highest BCUT2D eigenvalue weighted by Crippen LogP contribution is 2.31. The first-order chi connectivity index (χ1) is 6.25. The largest absolute Gasteiger partial charge is 0.435 e. The number of halogens is 1. The van der Waals surface area contributed by atoms with Gasteiger partial charge in [0.05, 0.1) is 7.05 Å². The van der Waals surface area contributed by atoms with Crippen LogP contribution >= 0.6 is 15.9 Å². The van der Waals surface area contributed by atoms with Crippen molar-refractivity contribution >= 4 is 21.9 Å². The van der Waals surface area contributed by atoms with Crippen LogP contribution in [0.15, 0.2) is 4.60 Å². The van der Waals surface area contributed by atoms with Gasteiger partial charge in [0.2, 0.25) is 4.60 Å². The minimum Gasteiger partial charge on any atom is -0.390 e. The molecule has 0 saturated heterocycles. The molecule has 0 spiro atoms. The Kier molecular flexibility index (Phi) is 2.67. The number of hydrogen-bond acceptors (Lipinski definition) is 3. The van der Waals surface area contributed by atoms with Crippen LogP contribution in [0, 0.1) is 10.1 Å². The Labute approximate surface area is 90.4 Å². The number of nitro groups is 1. The van der Waals surface area contributed by atoms with Gasteiger partial charge >= 0.3 is 5.95 Å². The maximum absolute atomic E-state index is 10.6. The summed E-state index contributed by atoms with van der Waals surface area (Å²) in [5.41, 5.74) is 0.652. The van der Waals surface area contributed by atoms with Gasteiger partial charge in [0, 0.05) is 5.41 Å². The summed E-state index contributed by atoms with van der Waals surface area (Å²) in [6.45, 7) is 5.95. The molecule has 1 aromatic rings. The van der Waals surface area contributed by atoms with Gasteiger partial charge in [-0.25, -0.2) is 4.57 Å². The molecule has 1 heterocycles. The van der Waals surface area contributed by atoms with Gasteiger partial charge < -0.3 is 10.1 Å². The molecule has 0 radical (unpaired) electrons. The number of hydrogen-bond donors (Lipinski definition) is 0. The lowest BCUT2D eigenvalue weighted by Crippen LogP contribution is -2.17. The molecule has 0 N–H and O–H groups in total. The summed E-state index contributed by atoms with van der Waals surface area (Å²) in [5.74, 6) is -0.137. The van der Waals surface area contributed by atoms with Crippen molar-refractivity contribution in [3.05, 3.63) is 20.4 Å². The highest BCUT2D eigenvalue weighted by molar-refractivity contribution is 9.10. The average Bonchev–Trinajstić information content (AvgIpc) is 2.24. The molecule has 0 aliphatic carbocycles. The van der Waals surface area contributed by atoms with Crippen LogP contribution in [-0.2, 0) is 12.5 Å². The van der Waals surface area contributed by atoms with Crippen molar-refractivity contribution in [3.63, 3.8) is 0 Å². The van der Waals surface area contributed by atoms with Crippen LogP contribution in [0.3, 0.4) is 0 Å². The Morgan fingerprint density at radius 3 is 2.21 bits per heavy atom. The maximum Gasteiger partial charge on any atom is 0.435 e. The zero-order valence-corrected chi connectivity index (χ0v) is 10.1. The molecular weight excluding hydrogens is 250 g/mol. The van der Waals surface area contributed by atoms with E-state index in [1.807, 2.05) is 20.8 Å². The molecule has 0 aliphatic rings. The van der Waals surface area contributed by atoms with Crippen molar-refractivity contribution in [2.24, 2.45) is 7.05 Å². The van der Waals surface area contributed by atoms with E-state index in [0.29, 0.717) is 4.60 Å². The molecule has 6 heteroatoms. The van der Waals surface area contributed by atoms with Gasteiger partial charge in [-0.2, -0.15) is 0 Å². The number of rotatable bonds is 1. The van der Waals surface area contributed by atoms with Crippen molar-refractivity contribution in [2.45, 2.75) is 26.2 Å². The van der Waals surface area contributed by atoms with E-state index in [2.05, 4.69) is 20.9 Å². The minimum absolute atomic E-state index is 0.137. The molecule has 0 bridgehead atoms. The fourth-order valence-corrected chi connectivity index (χ4v) is 2.45. The molecule has 0 aromatic carbocycles. The lowest BCUT2D eigenvalue weighted by Gasteiger charge is -2.15. The summed E-state index contributed by atoms with van der Waals surface area (Å²) in [4.78, 5) is 14.0. The predicted molar refractivity (Wildman–Crippen MR) is 56.3 cm³/mol. The summed E-state index contributed by atoms with van der Waals surface area (Å²) in [6, 6.07) is 0. The summed E-state index contributed by atoms with van der Waals surface area (Å²) < 4.78 is 2.04. The van der Waals surface area contributed by atoms with E-state index < -0.39 is 4.92 Å². The number of imidazole rings is 1. The lowest BCUT2D eigenvalue weighted by atomic mass is 9.93. The van der Waals surface area contributed by atoms with E-state index in [1.54, 1.807) is 7.05 Å². The Morgan fingerprint density at radius 2 is 2.00 bits per heavy atom. The Bertz CT molecular complexity index is 379. The fourth-order valence-electron chi connectivity index (χ4n) is 1.43. The van der Waals surface area contributed by atoms with E-state index in [4.69, 9.17) is 0 Å². The first kappa shape index (κ1) is 11.2. The first-order valence-corrected chi connectivity index (χ1v) is 4.91. The smallest absolute Gasteiger partial charge is 0.390 e. The summed E-state index contributed by atoms with van der Waals surface area (Å²) in [7, 11) is 1.65. The fraction of sp³-hybridized carbons (Fsp3) is 0.625. The zero-order valence-electron chi connectivity index (χ0n) is 8.54. The van der Waals surface area contributed by atoms with Crippen molar-refractivity contribution < 1.29 is 4.92 Å². The molecule has 14 heavy (non-hydrogen) atoms. The second-order valence-electron chi connectivity index (χ2n) is 4.12. The van der Waals surface area contributed by atoms with Crippen molar-refractivity contribution in [3.8, 4) is 0 Å². The van der Waals surface area contributed by atoms with E-state index in [-0.39, 0.29) is 11.4 Å². The molecule has 0 atom stereocenters. The predicted octanol–water partition coefficient (Wildman–Crippen LogP) is 2.39. The molecule has 0 aliphatic heterocycles. The van der Waals surface area contributed by atoms with E-state index in [0.717, 1.165) is 5.69 Å². The molecule has 78 valence electrons. The van der Waals surface area contributed by atoms with Gasteiger partial charge in [-0.05, 0) is 20.9 Å². The van der Waals surface area contributed by atoms with Gasteiger partial charge in [-0.1, -0.05) is 25.8 Å². The minimum atomic E-state index is -0.486.